The van der Waals surface area contributed by atoms with Gasteiger partial charge in [0, 0.05) is 31.5 Å². The first-order valence-corrected chi connectivity index (χ1v) is 8.17. The number of carbonyl (C=O) groups is 3. The number of hydrogen-bond acceptors (Lipinski definition) is 4. The minimum absolute atomic E-state index is 0.105. The number of rotatable bonds is 4. The van der Waals surface area contributed by atoms with Crippen molar-refractivity contribution in [3.8, 4) is 0 Å². The number of piperidine rings is 1. The fourth-order valence-corrected chi connectivity index (χ4v) is 2.99. The average molecular weight is 340 g/mol. The number of ketones is 1. The average Bonchev–Trinajstić information content (AvgIpc) is 3.00. The van der Waals surface area contributed by atoms with Crippen LogP contribution in [0.15, 0.2) is 36.8 Å². The first-order valence-electron chi connectivity index (χ1n) is 8.17. The van der Waals surface area contributed by atoms with E-state index in [0.717, 1.165) is 12.1 Å². The third kappa shape index (κ3) is 3.45. The van der Waals surface area contributed by atoms with Crippen LogP contribution < -0.4 is 10.2 Å². The zero-order valence-electron chi connectivity index (χ0n) is 14.2. The number of amides is 2. The second-order valence-corrected chi connectivity index (χ2v) is 6.15. The van der Waals surface area contributed by atoms with Gasteiger partial charge in [-0.2, -0.15) is 0 Å². The second-order valence-electron chi connectivity index (χ2n) is 6.15. The lowest BCUT2D eigenvalue weighted by molar-refractivity contribution is -0.121. The van der Waals surface area contributed by atoms with Crippen molar-refractivity contribution in [3.63, 3.8) is 0 Å². The van der Waals surface area contributed by atoms with Crippen LogP contribution in [0.1, 0.15) is 40.6 Å². The smallest absolute Gasteiger partial charge is 0.268 e. The molecule has 0 spiro atoms. The maximum absolute atomic E-state index is 12.7. The van der Waals surface area contributed by atoms with E-state index < -0.39 is 6.04 Å². The summed E-state index contributed by atoms with van der Waals surface area (Å²) < 4.78 is 1.60. The standard InChI is InChI=1S/C18H20N4O3/c1-12(23)13-9-16(21(2)11-13)17(24)20-15-6-4-8-22(18(15)25)14-5-3-7-19-10-14/h3,5,7,9-11,15H,4,6,8H2,1-2H3,(H,20,24)/t15-/m1/s1. The van der Waals surface area contributed by atoms with Crippen LogP contribution in [0.3, 0.4) is 0 Å². The van der Waals surface area contributed by atoms with Crippen LogP contribution >= 0.6 is 0 Å². The Kier molecular flexibility index (Phi) is 4.65. The second kappa shape index (κ2) is 6.88. The highest BCUT2D eigenvalue weighted by Crippen LogP contribution is 2.20. The van der Waals surface area contributed by atoms with E-state index >= 15 is 0 Å². The molecule has 7 heteroatoms. The van der Waals surface area contributed by atoms with Gasteiger partial charge < -0.3 is 14.8 Å². The van der Waals surface area contributed by atoms with Gasteiger partial charge in [-0.05, 0) is 38.0 Å². The third-order valence-corrected chi connectivity index (χ3v) is 4.35. The third-order valence-electron chi connectivity index (χ3n) is 4.35. The van der Waals surface area contributed by atoms with Gasteiger partial charge in [-0.3, -0.25) is 19.4 Å². The summed E-state index contributed by atoms with van der Waals surface area (Å²) in [6.45, 7) is 2.06. The van der Waals surface area contributed by atoms with Gasteiger partial charge in [0.05, 0.1) is 11.9 Å². The predicted octanol–water partition coefficient (Wildman–Crippen LogP) is 1.55. The number of hydrogen-bond donors (Lipinski definition) is 1. The topological polar surface area (TPSA) is 84.3 Å². The minimum atomic E-state index is -0.586. The number of nitrogens with one attached hydrogen (secondary N) is 1. The van der Waals surface area contributed by atoms with Crippen LogP contribution in [0, 0.1) is 0 Å². The Labute approximate surface area is 145 Å². The summed E-state index contributed by atoms with van der Waals surface area (Å²) in [6.07, 6.45) is 6.28. The van der Waals surface area contributed by atoms with E-state index in [1.807, 2.05) is 6.07 Å². The van der Waals surface area contributed by atoms with Crippen molar-refractivity contribution < 1.29 is 14.4 Å². The molecular formula is C18H20N4O3. The Morgan fingerprint density at radius 3 is 2.80 bits per heavy atom. The maximum atomic E-state index is 12.7. The fourth-order valence-electron chi connectivity index (χ4n) is 2.99. The highest BCUT2D eigenvalue weighted by Gasteiger charge is 2.31. The fraction of sp³-hybridized carbons (Fsp3) is 0.333. The summed E-state index contributed by atoms with van der Waals surface area (Å²) in [6, 6.07) is 4.56. The Morgan fingerprint density at radius 1 is 1.36 bits per heavy atom. The van der Waals surface area contributed by atoms with Crippen molar-refractivity contribution in [1.29, 1.82) is 0 Å². The summed E-state index contributed by atoms with van der Waals surface area (Å²) in [5, 5.41) is 2.80. The molecule has 1 atom stereocenters. The molecule has 1 fully saturated rings. The molecule has 1 saturated heterocycles. The van der Waals surface area contributed by atoms with E-state index in [2.05, 4.69) is 10.3 Å². The van der Waals surface area contributed by atoms with Crippen LogP contribution in [-0.2, 0) is 11.8 Å². The summed E-state index contributed by atoms with van der Waals surface area (Å²) in [5.74, 6) is -0.610. The molecule has 0 bridgehead atoms. The van der Waals surface area contributed by atoms with Gasteiger partial charge in [0.15, 0.2) is 5.78 Å². The molecule has 0 aromatic carbocycles. The van der Waals surface area contributed by atoms with Crippen LogP contribution in [0.25, 0.3) is 0 Å². The molecule has 3 rings (SSSR count). The molecule has 0 unspecified atom stereocenters. The number of pyridine rings is 1. The SMILES string of the molecule is CC(=O)c1cc(C(=O)N[C@@H]2CCCN(c3cccnc3)C2=O)n(C)c1. The van der Waals surface area contributed by atoms with E-state index in [-0.39, 0.29) is 17.6 Å². The zero-order chi connectivity index (χ0) is 18.0. The summed E-state index contributed by atoms with van der Waals surface area (Å²) >= 11 is 0. The quantitative estimate of drug-likeness (QED) is 0.856. The Morgan fingerprint density at radius 2 is 2.16 bits per heavy atom. The van der Waals surface area contributed by atoms with Crippen LogP contribution in [0.5, 0.6) is 0 Å². The van der Waals surface area contributed by atoms with E-state index in [1.165, 1.54) is 6.92 Å². The molecule has 0 radical (unpaired) electrons. The molecule has 130 valence electrons. The number of aromatic nitrogens is 2. The monoisotopic (exact) mass is 340 g/mol. The first kappa shape index (κ1) is 16.9. The molecule has 3 heterocycles. The molecule has 1 aliphatic rings. The van der Waals surface area contributed by atoms with Crippen molar-refractivity contribution >= 4 is 23.3 Å². The molecular weight excluding hydrogens is 320 g/mol. The number of Topliss-reactive ketones (excluding diaryl/α,β-unsaturated/α-hetero) is 1. The molecule has 7 nitrogen and oxygen atoms in total. The molecule has 2 aromatic heterocycles. The van der Waals surface area contributed by atoms with Crippen LogP contribution in [0.2, 0.25) is 0 Å². The molecule has 1 aliphatic heterocycles. The van der Waals surface area contributed by atoms with E-state index in [4.69, 9.17) is 0 Å². The number of aryl methyl sites for hydroxylation is 1. The molecule has 2 aromatic rings. The van der Waals surface area contributed by atoms with E-state index in [0.29, 0.717) is 24.2 Å². The van der Waals surface area contributed by atoms with Crippen molar-refractivity contribution in [2.75, 3.05) is 11.4 Å². The highest BCUT2D eigenvalue weighted by atomic mass is 16.2. The van der Waals surface area contributed by atoms with E-state index in [1.54, 1.807) is 47.2 Å². The molecule has 25 heavy (non-hydrogen) atoms. The van der Waals surface area contributed by atoms with Crippen molar-refractivity contribution in [1.82, 2.24) is 14.9 Å². The molecule has 0 aliphatic carbocycles. The van der Waals surface area contributed by atoms with Gasteiger partial charge in [-0.1, -0.05) is 0 Å². The van der Waals surface area contributed by atoms with Crippen LogP contribution in [-0.4, -0.2) is 39.7 Å². The lowest BCUT2D eigenvalue weighted by Gasteiger charge is -2.32. The van der Waals surface area contributed by atoms with Crippen molar-refractivity contribution in [3.05, 3.63) is 48.0 Å². The summed E-state index contributed by atoms with van der Waals surface area (Å²) in [5.41, 5.74) is 1.56. The Hall–Kier alpha value is -2.96. The maximum Gasteiger partial charge on any atom is 0.268 e. The zero-order valence-corrected chi connectivity index (χ0v) is 14.2. The highest BCUT2D eigenvalue weighted by molar-refractivity contribution is 6.03. The van der Waals surface area contributed by atoms with Crippen LogP contribution in [0.4, 0.5) is 5.69 Å². The van der Waals surface area contributed by atoms with E-state index in [9.17, 15) is 14.4 Å². The van der Waals surface area contributed by atoms with Crippen molar-refractivity contribution in [2.24, 2.45) is 7.05 Å². The first-order chi connectivity index (χ1) is 12.0. The summed E-state index contributed by atoms with van der Waals surface area (Å²) in [4.78, 5) is 42.4. The van der Waals surface area contributed by atoms with Gasteiger partial charge in [0.1, 0.15) is 11.7 Å². The summed E-state index contributed by atoms with van der Waals surface area (Å²) in [7, 11) is 1.70. The van der Waals surface area contributed by atoms with Gasteiger partial charge in [-0.15, -0.1) is 0 Å². The molecule has 1 N–H and O–H groups in total. The molecule has 0 saturated carbocycles. The minimum Gasteiger partial charge on any atom is -0.346 e. The number of anilines is 1. The van der Waals surface area contributed by atoms with Gasteiger partial charge in [-0.25, -0.2) is 0 Å². The normalized spacial score (nSPS) is 17.4. The number of carbonyl (C=O) groups excluding carboxylic acids is 3. The lowest BCUT2D eigenvalue weighted by atomic mass is 10.0. The largest absolute Gasteiger partial charge is 0.346 e. The van der Waals surface area contributed by atoms with Gasteiger partial charge >= 0.3 is 0 Å². The van der Waals surface area contributed by atoms with Crippen molar-refractivity contribution in [2.45, 2.75) is 25.8 Å². The Balaban J connectivity index is 1.75. The molecule has 2 amide bonds. The van der Waals surface area contributed by atoms with Gasteiger partial charge in [0.25, 0.3) is 5.91 Å². The lowest BCUT2D eigenvalue weighted by Crippen LogP contribution is -2.52. The van der Waals surface area contributed by atoms with Gasteiger partial charge in [0.2, 0.25) is 5.91 Å². The Bertz CT molecular complexity index is 813. The number of nitrogens with zero attached hydrogens (tertiary/aromatic N) is 3. The predicted molar refractivity (Wildman–Crippen MR) is 92.5 cm³/mol.